The minimum absolute atomic E-state index is 0.125. The van der Waals surface area contributed by atoms with Crippen molar-refractivity contribution in [2.24, 2.45) is 28.9 Å². The van der Waals surface area contributed by atoms with Gasteiger partial charge in [-0.05, 0) is 55.8 Å². The molecule has 112 valence electrons. The van der Waals surface area contributed by atoms with E-state index in [-0.39, 0.29) is 17.7 Å². The van der Waals surface area contributed by atoms with E-state index in [2.05, 4.69) is 27.7 Å². The maximum absolute atomic E-state index is 12.1. The lowest BCUT2D eigenvalue weighted by molar-refractivity contribution is -0.124. The minimum Gasteiger partial charge on any atom is -0.321 e. The number of ketones is 1. The molecule has 2 nitrogen and oxygen atoms in total. The average Bonchev–Trinajstić information content (AvgIpc) is 2.39. The van der Waals surface area contributed by atoms with Crippen LogP contribution in [0.15, 0.2) is 0 Å². The smallest absolute Gasteiger partial charge is 0.152 e. The van der Waals surface area contributed by atoms with Crippen LogP contribution in [0.25, 0.3) is 0 Å². The summed E-state index contributed by atoms with van der Waals surface area (Å²) in [6, 6.07) is -0.233. The fourth-order valence-corrected chi connectivity index (χ4v) is 3.19. The Bertz CT molecular complexity index is 290. The van der Waals surface area contributed by atoms with Crippen LogP contribution in [0, 0.1) is 23.2 Å². The topological polar surface area (TPSA) is 43.1 Å². The summed E-state index contributed by atoms with van der Waals surface area (Å²) in [6.07, 6.45) is 6.88. The zero-order chi connectivity index (χ0) is 14.6. The van der Waals surface area contributed by atoms with Crippen molar-refractivity contribution in [3.05, 3.63) is 0 Å². The highest BCUT2D eigenvalue weighted by molar-refractivity contribution is 5.85. The monoisotopic (exact) mass is 267 g/mol. The Balaban J connectivity index is 2.43. The lowest BCUT2D eigenvalue weighted by Crippen LogP contribution is -2.38. The normalized spacial score (nSPS) is 31.2. The molecular weight excluding hydrogens is 234 g/mol. The van der Waals surface area contributed by atoms with E-state index in [1.807, 2.05) is 6.92 Å². The molecule has 2 atom stereocenters. The summed E-state index contributed by atoms with van der Waals surface area (Å²) >= 11 is 0. The Hall–Kier alpha value is -0.370. The van der Waals surface area contributed by atoms with Gasteiger partial charge in [0.2, 0.25) is 0 Å². The predicted molar refractivity (Wildman–Crippen MR) is 82.0 cm³/mol. The molecule has 0 aromatic heterocycles. The SMILES string of the molecule is CCC(C)C(=O)C(N)CC1CCC(C)(C(C)C)CC1. The highest BCUT2D eigenvalue weighted by Crippen LogP contribution is 2.44. The third-order valence-electron chi connectivity index (χ3n) is 5.69. The van der Waals surface area contributed by atoms with Crippen LogP contribution in [-0.2, 0) is 4.79 Å². The van der Waals surface area contributed by atoms with Gasteiger partial charge in [0, 0.05) is 5.92 Å². The first-order chi connectivity index (χ1) is 8.80. The molecular formula is C17H33NO. The van der Waals surface area contributed by atoms with Gasteiger partial charge in [0.15, 0.2) is 5.78 Å². The minimum atomic E-state index is -0.233. The molecule has 0 bridgehead atoms. The molecule has 1 aliphatic rings. The van der Waals surface area contributed by atoms with Crippen molar-refractivity contribution in [3.63, 3.8) is 0 Å². The lowest BCUT2D eigenvalue weighted by atomic mass is 9.65. The second-order valence-corrected chi connectivity index (χ2v) is 7.31. The molecule has 1 fully saturated rings. The van der Waals surface area contributed by atoms with Crippen LogP contribution in [0.5, 0.6) is 0 Å². The molecule has 1 rings (SSSR count). The van der Waals surface area contributed by atoms with E-state index in [0.29, 0.717) is 11.3 Å². The van der Waals surface area contributed by atoms with Gasteiger partial charge in [0.25, 0.3) is 0 Å². The van der Waals surface area contributed by atoms with Crippen molar-refractivity contribution >= 4 is 5.78 Å². The molecule has 1 aliphatic carbocycles. The van der Waals surface area contributed by atoms with Crippen LogP contribution < -0.4 is 5.73 Å². The number of carbonyl (C=O) groups excluding carboxylic acids is 1. The van der Waals surface area contributed by atoms with Crippen LogP contribution in [0.2, 0.25) is 0 Å². The molecule has 1 saturated carbocycles. The molecule has 0 aliphatic heterocycles. The number of rotatable bonds is 6. The van der Waals surface area contributed by atoms with E-state index in [0.717, 1.165) is 18.8 Å². The first kappa shape index (κ1) is 16.7. The van der Waals surface area contributed by atoms with Crippen molar-refractivity contribution in [2.75, 3.05) is 0 Å². The summed E-state index contributed by atoms with van der Waals surface area (Å²) in [5.41, 5.74) is 6.60. The van der Waals surface area contributed by atoms with Gasteiger partial charge in [-0.3, -0.25) is 4.79 Å². The summed E-state index contributed by atoms with van der Waals surface area (Å²) in [5, 5.41) is 0. The second-order valence-electron chi connectivity index (χ2n) is 7.31. The van der Waals surface area contributed by atoms with Crippen molar-refractivity contribution in [2.45, 2.75) is 79.2 Å². The van der Waals surface area contributed by atoms with Crippen molar-refractivity contribution in [3.8, 4) is 0 Å². The first-order valence-electron chi connectivity index (χ1n) is 8.09. The van der Waals surface area contributed by atoms with Gasteiger partial charge < -0.3 is 5.73 Å². The van der Waals surface area contributed by atoms with Crippen LogP contribution in [0.4, 0.5) is 0 Å². The molecule has 2 heteroatoms. The van der Waals surface area contributed by atoms with E-state index in [9.17, 15) is 4.79 Å². The molecule has 0 aromatic carbocycles. The Morgan fingerprint density at radius 1 is 1.26 bits per heavy atom. The zero-order valence-electron chi connectivity index (χ0n) is 13.5. The highest BCUT2D eigenvalue weighted by Gasteiger charge is 2.34. The van der Waals surface area contributed by atoms with Crippen molar-refractivity contribution in [1.29, 1.82) is 0 Å². The van der Waals surface area contributed by atoms with E-state index in [1.165, 1.54) is 25.7 Å². The van der Waals surface area contributed by atoms with Gasteiger partial charge in [-0.15, -0.1) is 0 Å². The fourth-order valence-electron chi connectivity index (χ4n) is 3.19. The number of Topliss-reactive ketones (excluding diaryl/α,β-unsaturated/α-hetero) is 1. The molecule has 19 heavy (non-hydrogen) atoms. The highest BCUT2D eigenvalue weighted by atomic mass is 16.1. The van der Waals surface area contributed by atoms with Crippen LogP contribution in [0.3, 0.4) is 0 Å². The molecule has 0 heterocycles. The van der Waals surface area contributed by atoms with Crippen molar-refractivity contribution in [1.82, 2.24) is 0 Å². The molecule has 2 unspecified atom stereocenters. The van der Waals surface area contributed by atoms with Gasteiger partial charge in [-0.2, -0.15) is 0 Å². The Morgan fingerprint density at radius 3 is 2.21 bits per heavy atom. The van der Waals surface area contributed by atoms with E-state index < -0.39 is 0 Å². The maximum Gasteiger partial charge on any atom is 0.152 e. The van der Waals surface area contributed by atoms with Crippen LogP contribution in [0.1, 0.15) is 73.1 Å². The molecule has 0 radical (unpaired) electrons. The molecule has 0 saturated heterocycles. The third kappa shape index (κ3) is 4.30. The van der Waals surface area contributed by atoms with Crippen LogP contribution >= 0.6 is 0 Å². The fraction of sp³-hybridized carbons (Fsp3) is 0.941. The summed E-state index contributed by atoms with van der Waals surface area (Å²) in [5.74, 6) is 1.80. The Morgan fingerprint density at radius 2 is 1.79 bits per heavy atom. The number of carbonyl (C=O) groups is 1. The van der Waals surface area contributed by atoms with Gasteiger partial charge in [-0.25, -0.2) is 0 Å². The van der Waals surface area contributed by atoms with E-state index >= 15 is 0 Å². The van der Waals surface area contributed by atoms with Crippen LogP contribution in [-0.4, -0.2) is 11.8 Å². The quantitative estimate of drug-likeness (QED) is 0.785. The van der Waals surface area contributed by atoms with Gasteiger partial charge in [-0.1, -0.05) is 34.6 Å². The Kier molecular flexibility index (Phi) is 6.04. The van der Waals surface area contributed by atoms with Gasteiger partial charge in [0.05, 0.1) is 6.04 Å². The third-order valence-corrected chi connectivity index (χ3v) is 5.69. The number of hydrogen-bond donors (Lipinski definition) is 1. The molecule has 2 N–H and O–H groups in total. The zero-order valence-corrected chi connectivity index (χ0v) is 13.5. The van der Waals surface area contributed by atoms with Gasteiger partial charge >= 0.3 is 0 Å². The second kappa shape index (κ2) is 6.88. The predicted octanol–water partition coefficient (Wildman–Crippen LogP) is 4.17. The average molecular weight is 267 g/mol. The standard InChI is InChI=1S/C17H33NO/c1-6-13(4)16(19)15(18)11-14-7-9-17(5,10-8-14)12(2)3/h12-15H,6-11,18H2,1-5H3. The summed E-state index contributed by atoms with van der Waals surface area (Å²) < 4.78 is 0. The molecule has 0 aromatic rings. The summed E-state index contributed by atoms with van der Waals surface area (Å²) in [6.45, 7) is 11.1. The first-order valence-corrected chi connectivity index (χ1v) is 8.09. The van der Waals surface area contributed by atoms with Gasteiger partial charge in [0.1, 0.15) is 0 Å². The van der Waals surface area contributed by atoms with E-state index in [1.54, 1.807) is 0 Å². The maximum atomic E-state index is 12.1. The molecule has 0 amide bonds. The Labute approximate surface area is 119 Å². The lowest BCUT2D eigenvalue weighted by Gasteiger charge is -2.41. The van der Waals surface area contributed by atoms with E-state index in [4.69, 9.17) is 5.73 Å². The summed E-state index contributed by atoms with van der Waals surface area (Å²) in [4.78, 5) is 12.1. The molecule has 0 spiro atoms. The number of hydrogen-bond acceptors (Lipinski definition) is 2. The van der Waals surface area contributed by atoms with Crippen molar-refractivity contribution < 1.29 is 4.79 Å². The number of nitrogens with two attached hydrogens (primary N) is 1. The largest absolute Gasteiger partial charge is 0.321 e. The summed E-state index contributed by atoms with van der Waals surface area (Å²) in [7, 11) is 0.